The maximum atomic E-state index is 13.0. The summed E-state index contributed by atoms with van der Waals surface area (Å²) in [4.78, 5) is 12.2. The van der Waals surface area contributed by atoms with Crippen molar-refractivity contribution in [2.45, 2.75) is 0 Å². The number of nitrogens with zero attached hydrogens (tertiary/aromatic N) is 4. The minimum absolute atomic E-state index is 0.331. The van der Waals surface area contributed by atoms with E-state index in [1.54, 1.807) is 24.3 Å². The second kappa shape index (κ2) is 6.02. The van der Waals surface area contributed by atoms with Gasteiger partial charge in [-0.3, -0.25) is 4.79 Å². The van der Waals surface area contributed by atoms with E-state index in [4.69, 9.17) is 0 Å². The van der Waals surface area contributed by atoms with Crippen LogP contribution in [0.3, 0.4) is 0 Å². The number of amides is 1. The van der Waals surface area contributed by atoms with Gasteiger partial charge < -0.3 is 5.32 Å². The van der Waals surface area contributed by atoms with Crippen molar-refractivity contribution in [1.29, 1.82) is 0 Å². The number of hydrogen-bond acceptors (Lipinski definition) is 4. The number of aromatic nitrogens is 4. The van der Waals surface area contributed by atoms with Crippen LogP contribution < -0.4 is 5.32 Å². The molecule has 0 bridgehead atoms. The lowest BCUT2D eigenvalue weighted by molar-refractivity contribution is 0.102. The van der Waals surface area contributed by atoms with Crippen molar-refractivity contribution in [3.05, 3.63) is 64.6 Å². The number of carbonyl (C=O) groups is 1. The molecule has 0 saturated heterocycles. The predicted molar refractivity (Wildman–Crippen MR) is 81.2 cm³/mol. The van der Waals surface area contributed by atoms with Crippen LogP contribution in [0.15, 0.2) is 53.3 Å². The second-order valence-electron chi connectivity index (χ2n) is 4.38. The van der Waals surface area contributed by atoms with Crippen molar-refractivity contribution in [2.24, 2.45) is 0 Å². The molecule has 3 aromatic rings. The SMILES string of the molecule is O=C(Nc1ccc(-n2cnnn2)cc1)c1ccc(F)cc1Br. The average molecular weight is 362 g/mol. The van der Waals surface area contributed by atoms with Gasteiger partial charge in [-0.25, -0.2) is 9.07 Å². The molecule has 22 heavy (non-hydrogen) atoms. The van der Waals surface area contributed by atoms with Gasteiger partial charge >= 0.3 is 0 Å². The third-order valence-electron chi connectivity index (χ3n) is 2.91. The van der Waals surface area contributed by atoms with Gasteiger partial charge in [-0.2, -0.15) is 0 Å². The summed E-state index contributed by atoms with van der Waals surface area (Å²) in [7, 11) is 0. The lowest BCUT2D eigenvalue weighted by Crippen LogP contribution is -2.12. The van der Waals surface area contributed by atoms with Crippen molar-refractivity contribution in [3.8, 4) is 5.69 Å². The molecule has 0 aliphatic carbocycles. The van der Waals surface area contributed by atoms with E-state index in [2.05, 4.69) is 36.8 Å². The lowest BCUT2D eigenvalue weighted by atomic mass is 10.2. The number of tetrazole rings is 1. The maximum Gasteiger partial charge on any atom is 0.256 e. The third-order valence-corrected chi connectivity index (χ3v) is 3.57. The fourth-order valence-electron chi connectivity index (χ4n) is 1.85. The van der Waals surface area contributed by atoms with E-state index in [1.807, 2.05) is 0 Å². The van der Waals surface area contributed by atoms with Gasteiger partial charge in [0.25, 0.3) is 5.91 Å². The zero-order valence-corrected chi connectivity index (χ0v) is 12.7. The molecule has 3 rings (SSSR count). The fourth-order valence-corrected chi connectivity index (χ4v) is 2.38. The molecule has 1 heterocycles. The first-order valence-electron chi connectivity index (χ1n) is 6.23. The van der Waals surface area contributed by atoms with Gasteiger partial charge in [0.2, 0.25) is 0 Å². The van der Waals surface area contributed by atoms with Gasteiger partial charge in [0.1, 0.15) is 12.1 Å². The van der Waals surface area contributed by atoms with E-state index in [0.717, 1.165) is 5.69 Å². The zero-order valence-electron chi connectivity index (χ0n) is 11.1. The first-order valence-corrected chi connectivity index (χ1v) is 7.02. The Morgan fingerprint density at radius 3 is 2.59 bits per heavy atom. The van der Waals surface area contributed by atoms with Crippen LogP contribution in [-0.4, -0.2) is 26.1 Å². The number of benzene rings is 2. The number of nitrogens with one attached hydrogen (secondary N) is 1. The number of hydrogen-bond donors (Lipinski definition) is 1. The summed E-state index contributed by atoms with van der Waals surface area (Å²) in [6.45, 7) is 0. The lowest BCUT2D eigenvalue weighted by Gasteiger charge is -2.08. The van der Waals surface area contributed by atoms with Crippen molar-refractivity contribution in [3.63, 3.8) is 0 Å². The Kier molecular flexibility index (Phi) is 3.92. The molecule has 1 aromatic heterocycles. The molecular formula is C14H9BrFN5O. The average Bonchev–Trinajstić information content (AvgIpc) is 3.02. The van der Waals surface area contributed by atoms with E-state index < -0.39 is 5.82 Å². The first kappa shape index (κ1) is 14.3. The van der Waals surface area contributed by atoms with E-state index in [1.165, 1.54) is 29.2 Å². The van der Waals surface area contributed by atoms with Crippen molar-refractivity contribution in [1.82, 2.24) is 20.2 Å². The van der Waals surface area contributed by atoms with Gasteiger partial charge in [-0.1, -0.05) is 0 Å². The summed E-state index contributed by atoms with van der Waals surface area (Å²) in [6, 6.07) is 10.9. The molecule has 110 valence electrons. The molecule has 0 aliphatic rings. The van der Waals surface area contributed by atoms with Crippen LogP contribution in [0.1, 0.15) is 10.4 Å². The summed E-state index contributed by atoms with van der Waals surface area (Å²) < 4.78 is 14.9. The predicted octanol–water partition coefficient (Wildman–Crippen LogP) is 2.82. The Labute approximate surface area is 133 Å². The zero-order chi connectivity index (χ0) is 15.5. The molecule has 0 fully saturated rings. The summed E-state index contributed by atoms with van der Waals surface area (Å²) in [5.74, 6) is -0.740. The molecule has 0 atom stereocenters. The fraction of sp³-hybridized carbons (Fsp3) is 0. The molecule has 0 radical (unpaired) electrons. The van der Waals surface area contributed by atoms with Gasteiger partial charge in [-0.15, -0.1) is 5.10 Å². The largest absolute Gasteiger partial charge is 0.322 e. The molecular weight excluding hydrogens is 353 g/mol. The van der Waals surface area contributed by atoms with Crippen LogP contribution in [-0.2, 0) is 0 Å². The van der Waals surface area contributed by atoms with E-state index >= 15 is 0 Å². The number of anilines is 1. The molecule has 1 N–H and O–H groups in total. The Bertz CT molecular complexity index is 805. The highest BCUT2D eigenvalue weighted by Gasteiger charge is 2.11. The van der Waals surface area contributed by atoms with Crippen molar-refractivity contribution >= 4 is 27.5 Å². The van der Waals surface area contributed by atoms with Crippen molar-refractivity contribution in [2.75, 3.05) is 5.32 Å². The Hall–Kier alpha value is -2.61. The van der Waals surface area contributed by atoms with Crippen molar-refractivity contribution < 1.29 is 9.18 Å². The maximum absolute atomic E-state index is 13.0. The Morgan fingerprint density at radius 1 is 1.18 bits per heavy atom. The highest BCUT2D eigenvalue weighted by atomic mass is 79.9. The summed E-state index contributed by atoms with van der Waals surface area (Å²) in [5, 5.41) is 13.6. The van der Waals surface area contributed by atoms with E-state index in [0.29, 0.717) is 15.7 Å². The van der Waals surface area contributed by atoms with Gasteiger partial charge in [0, 0.05) is 10.2 Å². The van der Waals surface area contributed by atoms with Gasteiger partial charge in [0.15, 0.2) is 0 Å². The minimum atomic E-state index is -0.408. The third kappa shape index (κ3) is 3.01. The van der Waals surface area contributed by atoms with Crippen LogP contribution in [0.4, 0.5) is 10.1 Å². The summed E-state index contributed by atoms with van der Waals surface area (Å²) in [5.41, 5.74) is 1.73. The van der Waals surface area contributed by atoms with Crippen LogP contribution in [0.5, 0.6) is 0 Å². The molecule has 0 spiro atoms. The first-order chi connectivity index (χ1) is 10.6. The molecule has 0 unspecified atom stereocenters. The van der Waals surface area contributed by atoms with E-state index in [-0.39, 0.29) is 5.91 Å². The monoisotopic (exact) mass is 361 g/mol. The Balaban J connectivity index is 1.77. The summed E-state index contributed by atoms with van der Waals surface area (Å²) in [6.07, 6.45) is 1.48. The minimum Gasteiger partial charge on any atom is -0.322 e. The standard InChI is InChI=1S/C14H9BrFN5O/c15-13-7-9(16)1-6-12(13)14(22)18-10-2-4-11(5-3-10)21-8-17-19-20-21/h1-8H,(H,18,22). The molecule has 1 amide bonds. The molecule has 8 heteroatoms. The summed E-state index contributed by atoms with van der Waals surface area (Å²) >= 11 is 3.17. The Morgan fingerprint density at radius 2 is 1.95 bits per heavy atom. The van der Waals surface area contributed by atoms with Gasteiger partial charge in [-0.05, 0) is 68.8 Å². The van der Waals surface area contributed by atoms with Crippen LogP contribution in [0, 0.1) is 5.82 Å². The van der Waals surface area contributed by atoms with Gasteiger partial charge in [0.05, 0.1) is 11.3 Å². The molecule has 0 aliphatic heterocycles. The van der Waals surface area contributed by atoms with Crippen LogP contribution >= 0.6 is 15.9 Å². The molecule has 0 saturated carbocycles. The molecule has 2 aromatic carbocycles. The topological polar surface area (TPSA) is 72.7 Å². The van der Waals surface area contributed by atoms with Crippen LogP contribution in [0.25, 0.3) is 5.69 Å². The highest BCUT2D eigenvalue weighted by molar-refractivity contribution is 9.10. The second-order valence-corrected chi connectivity index (χ2v) is 5.23. The highest BCUT2D eigenvalue weighted by Crippen LogP contribution is 2.20. The van der Waals surface area contributed by atoms with E-state index in [9.17, 15) is 9.18 Å². The number of halogens is 2. The normalized spacial score (nSPS) is 10.5. The number of rotatable bonds is 3. The number of carbonyl (C=O) groups excluding carboxylic acids is 1. The molecule has 6 nitrogen and oxygen atoms in total. The smallest absolute Gasteiger partial charge is 0.256 e. The van der Waals surface area contributed by atoms with Crippen LogP contribution in [0.2, 0.25) is 0 Å². The quantitative estimate of drug-likeness (QED) is 0.778.